The van der Waals surface area contributed by atoms with E-state index in [4.69, 9.17) is 9.62 Å². The van der Waals surface area contributed by atoms with Gasteiger partial charge in [0.05, 0.1) is 6.26 Å². The van der Waals surface area contributed by atoms with Crippen molar-refractivity contribution in [1.29, 1.82) is 0 Å². The molecule has 1 rings (SSSR count). The molecular formula is C6H6NO2. The van der Waals surface area contributed by atoms with E-state index < -0.39 is 0 Å². The molecule has 3 nitrogen and oxygen atoms in total. The number of oxime groups is 1. The summed E-state index contributed by atoms with van der Waals surface area (Å²) in [4.78, 5) is 0. The molecule has 0 aliphatic carbocycles. The molecule has 1 radical (unpaired) electrons. The summed E-state index contributed by atoms with van der Waals surface area (Å²) in [5, 5.41) is 10.8. The van der Waals surface area contributed by atoms with Crippen LogP contribution in [0.2, 0.25) is 0 Å². The zero-order valence-electron chi connectivity index (χ0n) is 4.74. The third kappa shape index (κ3) is 1.32. The van der Waals surface area contributed by atoms with Gasteiger partial charge in [-0.25, -0.2) is 0 Å². The summed E-state index contributed by atoms with van der Waals surface area (Å²) in [6.45, 7) is 3.59. The van der Waals surface area contributed by atoms with E-state index in [0.717, 1.165) is 5.56 Å². The Hall–Kier alpha value is -1.25. The first-order valence-corrected chi connectivity index (χ1v) is 2.41. The molecule has 0 saturated heterocycles. The number of hydrogen-bond acceptors (Lipinski definition) is 3. The lowest BCUT2D eigenvalue weighted by Gasteiger charge is -1.74. The fourth-order valence-electron chi connectivity index (χ4n) is 0.519. The Morgan fingerprint density at radius 1 is 1.78 bits per heavy atom. The SMILES string of the molecule is [CH2]c1coc(C=NO)c1. The van der Waals surface area contributed by atoms with Crippen molar-refractivity contribution < 1.29 is 9.62 Å². The molecule has 0 amide bonds. The van der Waals surface area contributed by atoms with Crippen LogP contribution in [0.25, 0.3) is 0 Å². The molecule has 1 aromatic heterocycles. The predicted molar refractivity (Wildman–Crippen MR) is 32.5 cm³/mol. The number of hydrogen-bond donors (Lipinski definition) is 1. The minimum Gasteiger partial charge on any atom is -0.463 e. The van der Waals surface area contributed by atoms with Crippen LogP contribution in [0.4, 0.5) is 0 Å². The molecule has 0 unspecified atom stereocenters. The molecule has 0 fully saturated rings. The summed E-state index contributed by atoms with van der Waals surface area (Å²) in [6, 6.07) is 1.67. The van der Waals surface area contributed by atoms with E-state index in [9.17, 15) is 0 Å². The molecule has 9 heavy (non-hydrogen) atoms. The molecule has 3 heteroatoms. The third-order valence-corrected chi connectivity index (χ3v) is 0.859. The average Bonchev–Trinajstić information content (AvgIpc) is 2.17. The Morgan fingerprint density at radius 2 is 2.56 bits per heavy atom. The van der Waals surface area contributed by atoms with E-state index in [2.05, 4.69) is 12.1 Å². The lowest BCUT2D eigenvalue weighted by molar-refractivity contribution is 0.320. The van der Waals surface area contributed by atoms with Crippen molar-refractivity contribution in [3.8, 4) is 0 Å². The van der Waals surface area contributed by atoms with Crippen LogP contribution in [-0.4, -0.2) is 11.4 Å². The highest BCUT2D eigenvalue weighted by Gasteiger charge is 1.91. The highest BCUT2D eigenvalue weighted by molar-refractivity contribution is 5.75. The van der Waals surface area contributed by atoms with Crippen molar-refractivity contribution in [3.05, 3.63) is 30.6 Å². The van der Waals surface area contributed by atoms with Crippen LogP contribution in [0, 0.1) is 6.92 Å². The second-order valence-corrected chi connectivity index (χ2v) is 1.60. The molecular weight excluding hydrogens is 118 g/mol. The lowest BCUT2D eigenvalue weighted by Crippen LogP contribution is -1.71. The summed E-state index contributed by atoms with van der Waals surface area (Å²) in [7, 11) is 0. The fraction of sp³-hybridized carbons (Fsp3) is 0. The molecule has 0 atom stereocenters. The van der Waals surface area contributed by atoms with E-state index in [0.29, 0.717) is 5.76 Å². The van der Waals surface area contributed by atoms with Crippen LogP contribution in [0.5, 0.6) is 0 Å². The van der Waals surface area contributed by atoms with Gasteiger partial charge in [-0.1, -0.05) is 5.16 Å². The minimum absolute atomic E-state index is 0.502. The molecule has 1 heterocycles. The first-order valence-electron chi connectivity index (χ1n) is 2.41. The fourth-order valence-corrected chi connectivity index (χ4v) is 0.519. The second-order valence-electron chi connectivity index (χ2n) is 1.60. The highest BCUT2D eigenvalue weighted by Crippen LogP contribution is 2.02. The molecule has 0 bridgehead atoms. The van der Waals surface area contributed by atoms with Gasteiger partial charge in [-0.05, 0) is 18.6 Å². The summed E-state index contributed by atoms with van der Waals surface area (Å²) < 4.78 is 4.83. The van der Waals surface area contributed by atoms with Crippen molar-refractivity contribution >= 4 is 6.21 Å². The van der Waals surface area contributed by atoms with E-state index in [1.807, 2.05) is 0 Å². The van der Waals surface area contributed by atoms with E-state index in [-0.39, 0.29) is 0 Å². The Morgan fingerprint density at radius 3 is 3.00 bits per heavy atom. The third-order valence-electron chi connectivity index (χ3n) is 0.859. The summed E-state index contributed by atoms with van der Waals surface area (Å²) >= 11 is 0. The second kappa shape index (κ2) is 2.35. The maximum Gasteiger partial charge on any atom is 0.148 e. The van der Waals surface area contributed by atoms with Crippen LogP contribution >= 0.6 is 0 Å². The van der Waals surface area contributed by atoms with Crippen LogP contribution in [0.15, 0.2) is 21.9 Å². The van der Waals surface area contributed by atoms with Crippen LogP contribution in [0.1, 0.15) is 11.3 Å². The molecule has 0 aromatic carbocycles. The van der Waals surface area contributed by atoms with Crippen molar-refractivity contribution in [1.82, 2.24) is 0 Å². The van der Waals surface area contributed by atoms with Crippen molar-refractivity contribution in [2.75, 3.05) is 0 Å². The van der Waals surface area contributed by atoms with Gasteiger partial charge in [0.15, 0.2) is 0 Å². The van der Waals surface area contributed by atoms with Gasteiger partial charge in [0.1, 0.15) is 12.0 Å². The van der Waals surface area contributed by atoms with Gasteiger partial charge in [-0.15, -0.1) is 0 Å². The number of furan rings is 1. The average molecular weight is 124 g/mol. The first kappa shape index (κ1) is 5.88. The first-order chi connectivity index (χ1) is 4.33. The zero-order chi connectivity index (χ0) is 6.69. The van der Waals surface area contributed by atoms with Crippen molar-refractivity contribution in [3.63, 3.8) is 0 Å². The van der Waals surface area contributed by atoms with Crippen LogP contribution in [0.3, 0.4) is 0 Å². The van der Waals surface area contributed by atoms with E-state index >= 15 is 0 Å². The molecule has 0 spiro atoms. The monoisotopic (exact) mass is 124 g/mol. The van der Waals surface area contributed by atoms with Gasteiger partial charge < -0.3 is 9.62 Å². The molecule has 1 N–H and O–H groups in total. The van der Waals surface area contributed by atoms with Gasteiger partial charge in [0.2, 0.25) is 0 Å². The van der Waals surface area contributed by atoms with Gasteiger partial charge in [0.25, 0.3) is 0 Å². The smallest absolute Gasteiger partial charge is 0.148 e. The quantitative estimate of drug-likeness (QED) is 0.348. The Bertz CT molecular complexity index is 215. The molecule has 0 saturated carbocycles. The maximum atomic E-state index is 8.02. The van der Waals surface area contributed by atoms with Crippen molar-refractivity contribution in [2.24, 2.45) is 5.16 Å². The highest BCUT2D eigenvalue weighted by atomic mass is 16.4. The van der Waals surface area contributed by atoms with Gasteiger partial charge in [0, 0.05) is 0 Å². The molecule has 0 aliphatic heterocycles. The number of nitrogens with zero attached hydrogens (tertiary/aromatic N) is 1. The van der Waals surface area contributed by atoms with Gasteiger partial charge in [-0.2, -0.15) is 0 Å². The molecule has 1 aromatic rings. The Balaban J connectivity index is 2.85. The topological polar surface area (TPSA) is 45.7 Å². The normalized spacial score (nSPS) is 10.8. The van der Waals surface area contributed by atoms with Gasteiger partial charge >= 0.3 is 0 Å². The number of rotatable bonds is 1. The Kier molecular flexibility index (Phi) is 1.53. The van der Waals surface area contributed by atoms with Gasteiger partial charge in [-0.3, -0.25) is 0 Å². The Labute approximate surface area is 52.6 Å². The predicted octanol–water partition coefficient (Wildman–Crippen LogP) is 1.27. The summed E-state index contributed by atoms with van der Waals surface area (Å²) in [6.07, 6.45) is 2.69. The summed E-state index contributed by atoms with van der Waals surface area (Å²) in [5.74, 6) is 0.502. The van der Waals surface area contributed by atoms with Crippen LogP contribution in [-0.2, 0) is 0 Å². The summed E-state index contributed by atoms with van der Waals surface area (Å²) in [5.41, 5.74) is 0.768. The standard InChI is InChI=1S/C6H6NO2/c1-5-2-6(3-7-8)9-4-5/h2-4,8H,1H2. The van der Waals surface area contributed by atoms with E-state index in [1.165, 1.54) is 12.5 Å². The zero-order valence-corrected chi connectivity index (χ0v) is 4.74. The molecule has 47 valence electrons. The maximum absolute atomic E-state index is 8.02. The van der Waals surface area contributed by atoms with E-state index in [1.54, 1.807) is 6.07 Å². The minimum atomic E-state index is 0.502. The largest absolute Gasteiger partial charge is 0.463 e. The molecule has 0 aliphatic rings. The van der Waals surface area contributed by atoms with Crippen LogP contribution < -0.4 is 0 Å². The lowest BCUT2D eigenvalue weighted by atomic mass is 10.3. The van der Waals surface area contributed by atoms with Crippen molar-refractivity contribution in [2.45, 2.75) is 0 Å².